The average molecular weight is 315 g/mol. The van der Waals surface area contributed by atoms with Crippen molar-refractivity contribution in [2.45, 2.75) is 26.8 Å². The van der Waals surface area contributed by atoms with E-state index in [-0.39, 0.29) is 6.04 Å². The van der Waals surface area contributed by atoms with Gasteiger partial charge in [-0.1, -0.05) is 23.2 Å². The molecule has 1 aromatic heterocycles. The lowest BCUT2D eigenvalue weighted by Crippen LogP contribution is -2.08. The van der Waals surface area contributed by atoms with Gasteiger partial charge >= 0.3 is 0 Å². The molecule has 5 heteroatoms. The topological polar surface area (TPSA) is 38.0 Å². The summed E-state index contributed by atoms with van der Waals surface area (Å²) in [6.07, 6.45) is 0. The quantitative estimate of drug-likeness (QED) is 0.741. The first-order valence-electron chi connectivity index (χ1n) is 5.96. The molecule has 1 heterocycles. The number of benzene rings is 1. The Kier molecular flexibility index (Phi) is 4.29. The number of hydrogen-bond donors (Lipinski definition) is 2. The van der Waals surface area contributed by atoms with Gasteiger partial charge < -0.3 is 11.1 Å². The molecule has 0 saturated carbocycles. The molecule has 0 aliphatic carbocycles. The summed E-state index contributed by atoms with van der Waals surface area (Å²) in [4.78, 5) is 2.61. The van der Waals surface area contributed by atoms with E-state index >= 15 is 0 Å². The number of rotatable bonds is 3. The molecule has 1 atom stereocenters. The molecular weight excluding hydrogens is 299 g/mol. The smallest absolute Gasteiger partial charge is 0.0725 e. The van der Waals surface area contributed by atoms with Crippen LogP contribution in [0.2, 0.25) is 10.0 Å². The second-order valence-electron chi connectivity index (χ2n) is 4.59. The van der Waals surface area contributed by atoms with Crippen molar-refractivity contribution in [1.29, 1.82) is 0 Å². The van der Waals surface area contributed by atoms with Crippen molar-refractivity contribution in [2.24, 2.45) is 0 Å². The summed E-state index contributed by atoms with van der Waals surface area (Å²) in [5.41, 5.74) is 8.27. The summed E-state index contributed by atoms with van der Waals surface area (Å²) < 4.78 is 0. The monoisotopic (exact) mass is 314 g/mol. The highest BCUT2D eigenvalue weighted by molar-refractivity contribution is 7.12. The molecule has 0 radical (unpaired) electrons. The van der Waals surface area contributed by atoms with E-state index in [1.54, 1.807) is 23.5 Å². The third-order valence-corrected chi connectivity index (χ3v) is 4.55. The van der Waals surface area contributed by atoms with Crippen molar-refractivity contribution >= 4 is 45.9 Å². The van der Waals surface area contributed by atoms with Gasteiger partial charge in [-0.05, 0) is 44.5 Å². The van der Waals surface area contributed by atoms with Crippen LogP contribution in [0.15, 0.2) is 18.2 Å². The molecule has 0 bridgehead atoms. The number of nitrogens with two attached hydrogens (primary N) is 1. The number of hydrogen-bond acceptors (Lipinski definition) is 3. The molecule has 2 nitrogen and oxygen atoms in total. The number of halogens is 2. The summed E-state index contributed by atoms with van der Waals surface area (Å²) in [6.45, 7) is 6.33. The van der Waals surface area contributed by atoms with Crippen LogP contribution in [0, 0.1) is 13.8 Å². The van der Waals surface area contributed by atoms with Crippen LogP contribution in [-0.4, -0.2) is 0 Å². The molecule has 19 heavy (non-hydrogen) atoms. The third-order valence-electron chi connectivity index (χ3n) is 2.97. The summed E-state index contributed by atoms with van der Waals surface area (Å²) in [5.74, 6) is 0. The summed E-state index contributed by atoms with van der Waals surface area (Å²) in [6, 6.07) is 5.74. The maximum atomic E-state index is 6.19. The Morgan fingerprint density at radius 1 is 1.16 bits per heavy atom. The highest BCUT2D eigenvalue weighted by Crippen LogP contribution is 2.36. The van der Waals surface area contributed by atoms with Crippen molar-refractivity contribution in [3.8, 4) is 0 Å². The molecule has 1 aromatic carbocycles. The van der Waals surface area contributed by atoms with Crippen LogP contribution >= 0.6 is 34.5 Å². The lowest BCUT2D eigenvalue weighted by molar-refractivity contribution is 0.882. The predicted octanol–water partition coefficient (Wildman–Crippen LogP) is 5.43. The van der Waals surface area contributed by atoms with Crippen molar-refractivity contribution in [1.82, 2.24) is 0 Å². The predicted molar refractivity (Wildman–Crippen MR) is 86.7 cm³/mol. The van der Waals surface area contributed by atoms with Crippen LogP contribution in [0.5, 0.6) is 0 Å². The Labute approximate surface area is 127 Å². The summed E-state index contributed by atoms with van der Waals surface area (Å²) in [7, 11) is 0. The zero-order valence-corrected chi connectivity index (χ0v) is 13.4. The highest BCUT2D eigenvalue weighted by atomic mass is 35.5. The first kappa shape index (κ1) is 14.5. The molecule has 0 aliphatic rings. The molecule has 0 fully saturated rings. The molecular formula is C14H16Cl2N2S. The number of nitrogens with one attached hydrogen (secondary N) is 1. The molecule has 2 aromatic rings. The Morgan fingerprint density at radius 2 is 1.74 bits per heavy atom. The fourth-order valence-corrected chi connectivity index (χ4v) is 3.74. The zero-order valence-electron chi connectivity index (χ0n) is 11.1. The van der Waals surface area contributed by atoms with Gasteiger partial charge in [0.25, 0.3) is 0 Å². The van der Waals surface area contributed by atoms with Gasteiger partial charge in [-0.2, -0.15) is 0 Å². The van der Waals surface area contributed by atoms with Gasteiger partial charge in [0.1, 0.15) is 0 Å². The van der Waals surface area contributed by atoms with E-state index < -0.39 is 0 Å². The number of thiophene rings is 1. The van der Waals surface area contributed by atoms with Gasteiger partial charge in [-0.15, -0.1) is 11.3 Å². The van der Waals surface area contributed by atoms with Gasteiger partial charge in [0.15, 0.2) is 0 Å². The SMILES string of the molecule is Cc1cc(C(C)Nc2c(Cl)cc(N)cc2Cl)c(C)s1. The van der Waals surface area contributed by atoms with E-state index in [1.165, 1.54) is 15.3 Å². The minimum atomic E-state index is 0.142. The van der Waals surface area contributed by atoms with Gasteiger partial charge in [0.2, 0.25) is 0 Å². The largest absolute Gasteiger partial charge is 0.399 e. The van der Waals surface area contributed by atoms with Crippen LogP contribution in [0.3, 0.4) is 0 Å². The third kappa shape index (κ3) is 3.16. The standard InChI is InChI=1S/C14H16Cl2N2S/c1-7-4-11(9(3)19-7)8(2)18-14-12(15)5-10(17)6-13(14)16/h4-6,8,18H,17H2,1-3H3. The van der Waals surface area contributed by atoms with Gasteiger partial charge in [-0.3, -0.25) is 0 Å². The highest BCUT2D eigenvalue weighted by Gasteiger charge is 2.14. The first-order valence-corrected chi connectivity index (χ1v) is 7.53. The number of aryl methyl sites for hydroxylation is 2. The van der Waals surface area contributed by atoms with E-state index in [0.717, 1.165) is 5.69 Å². The fourth-order valence-electron chi connectivity index (χ4n) is 2.11. The number of anilines is 2. The number of nitrogen functional groups attached to an aromatic ring is 1. The lowest BCUT2D eigenvalue weighted by Gasteiger charge is -2.18. The van der Waals surface area contributed by atoms with E-state index in [0.29, 0.717) is 15.7 Å². The average Bonchev–Trinajstić information content (AvgIpc) is 2.62. The second kappa shape index (κ2) is 5.61. The minimum Gasteiger partial charge on any atom is -0.399 e. The van der Waals surface area contributed by atoms with Gasteiger partial charge in [0, 0.05) is 21.5 Å². The maximum Gasteiger partial charge on any atom is 0.0725 e. The molecule has 0 spiro atoms. The van der Waals surface area contributed by atoms with E-state index in [9.17, 15) is 0 Å². The van der Waals surface area contributed by atoms with Crippen molar-refractivity contribution < 1.29 is 0 Å². The normalized spacial score (nSPS) is 12.5. The maximum absolute atomic E-state index is 6.19. The summed E-state index contributed by atoms with van der Waals surface area (Å²) >= 11 is 14.2. The van der Waals surface area contributed by atoms with Crippen LogP contribution in [0.4, 0.5) is 11.4 Å². The Morgan fingerprint density at radius 3 is 2.21 bits per heavy atom. The Balaban J connectivity index is 2.29. The molecule has 0 amide bonds. The minimum absolute atomic E-state index is 0.142. The molecule has 2 rings (SSSR count). The zero-order chi connectivity index (χ0) is 14.2. The van der Waals surface area contributed by atoms with Crippen LogP contribution in [0.25, 0.3) is 0 Å². The molecule has 1 unspecified atom stereocenters. The molecule has 102 valence electrons. The van der Waals surface area contributed by atoms with Crippen LogP contribution < -0.4 is 11.1 Å². The van der Waals surface area contributed by atoms with Crippen LogP contribution in [-0.2, 0) is 0 Å². The fraction of sp³-hybridized carbons (Fsp3) is 0.286. The van der Waals surface area contributed by atoms with Gasteiger partial charge in [-0.25, -0.2) is 0 Å². The Hall–Kier alpha value is -0.900. The Bertz CT molecular complexity index is 584. The summed E-state index contributed by atoms with van der Waals surface area (Å²) in [5, 5.41) is 4.45. The van der Waals surface area contributed by atoms with E-state index in [4.69, 9.17) is 28.9 Å². The van der Waals surface area contributed by atoms with Gasteiger partial charge in [0.05, 0.1) is 15.7 Å². The first-order chi connectivity index (χ1) is 8.88. The lowest BCUT2D eigenvalue weighted by atomic mass is 10.1. The van der Waals surface area contributed by atoms with E-state index in [1.807, 2.05) is 0 Å². The van der Waals surface area contributed by atoms with Crippen molar-refractivity contribution in [3.63, 3.8) is 0 Å². The molecule has 0 saturated heterocycles. The van der Waals surface area contributed by atoms with Crippen LogP contribution in [0.1, 0.15) is 28.3 Å². The van der Waals surface area contributed by atoms with E-state index in [2.05, 4.69) is 32.2 Å². The molecule has 0 aliphatic heterocycles. The van der Waals surface area contributed by atoms with Crippen molar-refractivity contribution in [3.05, 3.63) is 43.6 Å². The molecule has 3 N–H and O–H groups in total. The van der Waals surface area contributed by atoms with Crippen molar-refractivity contribution in [2.75, 3.05) is 11.1 Å². The second-order valence-corrected chi connectivity index (χ2v) is 6.87.